The Morgan fingerprint density at radius 2 is 1.87 bits per heavy atom. The fourth-order valence-electron chi connectivity index (χ4n) is 1.82. The first-order valence-corrected chi connectivity index (χ1v) is 7.69. The zero-order chi connectivity index (χ0) is 17.0. The molecule has 0 heterocycles. The zero-order valence-corrected chi connectivity index (χ0v) is 14.3. The minimum atomic E-state index is -0.722. The first-order valence-electron chi connectivity index (χ1n) is 6.55. The first kappa shape index (κ1) is 17.6. The molecule has 120 valence electrons. The summed E-state index contributed by atoms with van der Waals surface area (Å²) in [6.07, 6.45) is 0. The Hall–Kier alpha value is -1.75. The van der Waals surface area contributed by atoms with E-state index in [-0.39, 0.29) is 15.6 Å². The molecule has 2 aromatic rings. The van der Waals surface area contributed by atoms with Crippen LogP contribution in [0, 0.1) is 6.92 Å². The molecule has 0 saturated carbocycles. The van der Waals surface area contributed by atoms with Crippen molar-refractivity contribution >= 4 is 52.4 Å². The van der Waals surface area contributed by atoms with E-state index in [1.54, 1.807) is 37.3 Å². The molecule has 0 radical (unpaired) electrons. The van der Waals surface area contributed by atoms with Crippen molar-refractivity contribution in [1.82, 2.24) is 0 Å². The third-order valence-corrected chi connectivity index (χ3v) is 4.02. The summed E-state index contributed by atoms with van der Waals surface area (Å²) in [6, 6.07) is 9.64. The van der Waals surface area contributed by atoms with Gasteiger partial charge in [0.25, 0.3) is 5.91 Å². The molecule has 0 aliphatic rings. The number of hydrogen-bond donors (Lipinski definition) is 1. The van der Waals surface area contributed by atoms with Crippen molar-refractivity contribution in [2.75, 3.05) is 11.9 Å². The van der Waals surface area contributed by atoms with E-state index in [4.69, 9.17) is 39.5 Å². The number of esters is 1. The molecule has 0 saturated heterocycles. The molecule has 7 heteroatoms. The lowest BCUT2D eigenvalue weighted by atomic mass is 10.2. The zero-order valence-electron chi connectivity index (χ0n) is 12.0. The Morgan fingerprint density at radius 3 is 2.57 bits per heavy atom. The summed E-state index contributed by atoms with van der Waals surface area (Å²) in [6.45, 7) is 1.36. The molecule has 0 aliphatic heterocycles. The molecule has 1 N–H and O–H groups in total. The number of aryl methyl sites for hydroxylation is 1. The van der Waals surface area contributed by atoms with Gasteiger partial charge < -0.3 is 10.1 Å². The summed E-state index contributed by atoms with van der Waals surface area (Å²) < 4.78 is 4.94. The van der Waals surface area contributed by atoms with E-state index in [1.807, 2.05) is 0 Å². The minimum Gasteiger partial charge on any atom is -0.452 e. The number of nitrogens with one attached hydrogen (secondary N) is 1. The molecule has 0 unspecified atom stereocenters. The highest BCUT2D eigenvalue weighted by Gasteiger charge is 2.15. The van der Waals surface area contributed by atoms with Crippen LogP contribution in [0.4, 0.5) is 5.69 Å². The van der Waals surface area contributed by atoms with Crippen molar-refractivity contribution in [2.24, 2.45) is 0 Å². The van der Waals surface area contributed by atoms with Gasteiger partial charge in [-0.25, -0.2) is 4.79 Å². The number of rotatable bonds is 4. The van der Waals surface area contributed by atoms with Gasteiger partial charge in [0.15, 0.2) is 6.61 Å². The molecule has 0 atom stereocenters. The highest BCUT2D eigenvalue weighted by atomic mass is 35.5. The van der Waals surface area contributed by atoms with Gasteiger partial charge in [-0.1, -0.05) is 40.9 Å². The van der Waals surface area contributed by atoms with E-state index in [2.05, 4.69) is 5.32 Å². The number of ether oxygens (including phenoxy) is 1. The molecule has 0 aliphatic carbocycles. The van der Waals surface area contributed by atoms with Crippen LogP contribution in [-0.2, 0) is 9.53 Å². The Bertz CT molecular complexity index is 762. The maximum atomic E-state index is 11.9. The van der Waals surface area contributed by atoms with Gasteiger partial charge >= 0.3 is 5.97 Å². The van der Waals surface area contributed by atoms with Crippen LogP contribution < -0.4 is 5.32 Å². The van der Waals surface area contributed by atoms with E-state index < -0.39 is 18.5 Å². The van der Waals surface area contributed by atoms with E-state index in [9.17, 15) is 9.59 Å². The number of anilines is 1. The fourth-order valence-corrected chi connectivity index (χ4v) is 2.43. The average molecular weight is 373 g/mol. The molecule has 0 aromatic heterocycles. The van der Waals surface area contributed by atoms with Gasteiger partial charge in [-0.15, -0.1) is 0 Å². The quantitative estimate of drug-likeness (QED) is 0.788. The van der Waals surface area contributed by atoms with Crippen molar-refractivity contribution in [3.63, 3.8) is 0 Å². The summed E-state index contributed by atoms with van der Waals surface area (Å²) >= 11 is 17.6. The number of hydrogen-bond acceptors (Lipinski definition) is 3. The van der Waals surface area contributed by atoms with Crippen molar-refractivity contribution in [3.8, 4) is 0 Å². The van der Waals surface area contributed by atoms with Crippen molar-refractivity contribution in [3.05, 3.63) is 62.6 Å². The summed E-state index contributed by atoms with van der Waals surface area (Å²) in [4.78, 5) is 23.8. The molecule has 2 aromatic carbocycles. The van der Waals surface area contributed by atoms with Crippen molar-refractivity contribution < 1.29 is 14.3 Å². The van der Waals surface area contributed by atoms with Crippen LogP contribution in [-0.4, -0.2) is 18.5 Å². The number of carbonyl (C=O) groups is 2. The van der Waals surface area contributed by atoms with Gasteiger partial charge in [-0.3, -0.25) is 4.79 Å². The van der Waals surface area contributed by atoms with Crippen LogP contribution in [0.1, 0.15) is 15.9 Å². The third-order valence-electron chi connectivity index (χ3n) is 2.97. The topological polar surface area (TPSA) is 55.4 Å². The second-order valence-electron chi connectivity index (χ2n) is 4.68. The largest absolute Gasteiger partial charge is 0.452 e. The summed E-state index contributed by atoms with van der Waals surface area (Å²) in [5, 5.41) is 3.54. The molecule has 0 spiro atoms. The average Bonchev–Trinajstić information content (AvgIpc) is 2.50. The second kappa shape index (κ2) is 7.68. The van der Waals surface area contributed by atoms with Gasteiger partial charge in [0.1, 0.15) is 0 Å². The van der Waals surface area contributed by atoms with Crippen LogP contribution >= 0.6 is 34.8 Å². The highest BCUT2D eigenvalue weighted by Crippen LogP contribution is 2.26. The molecule has 0 bridgehead atoms. The third kappa shape index (κ3) is 4.61. The molecular formula is C16H12Cl3NO3. The predicted octanol–water partition coefficient (Wildman–Crippen LogP) is 4.75. The van der Waals surface area contributed by atoms with Crippen molar-refractivity contribution in [2.45, 2.75) is 6.92 Å². The summed E-state index contributed by atoms with van der Waals surface area (Å²) in [5.74, 6) is -1.19. The van der Waals surface area contributed by atoms with Crippen molar-refractivity contribution in [1.29, 1.82) is 0 Å². The molecule has 2 rings (SSSR count). The number of carbonyl (C=O) groups excluding carboxylic acids is 2. The molecule has 0 fully saturated rings. The summed E-state index contributed by atoms with van der Waals surface area (Å²) in [7, 11) is 0. The lowest BCUT2D eigenvalue weighted by Gasteiger charge is -2.10. The van der Waals surface area contributed by atoms with E-state index in [0.717, 1.165) is 5.56 Å². The van der Waals surface area contributed by atoms with Gasteiger partial charge in [0, 0.05) is 10.7 Å². The lowest BCUT2D eigenvalue weighted by Crippen LogP contribution is -2.21. The predicted molar refractivity (Wildman–Crippen MR) is 91.6 cm³/mol. The van der Waals surface area contributed by atoms with Gasteiger partial charge in [0.2, 0.25) is 0 Å². The Labute approximate surface area is 148 Å². The lowest BCUT2D eigenvalue weighted by molar-refractivity contribution is -0.119. The molecule has 23 heavy (non-hydrogen) atoms. The van der Waals surface area contributed by atoms with Gasteiger partial charge in [0.05, 0.1) is 15.6 Å². The van der Waals surface area contributed by atoms with E-state index in [1.165, 1.54) is 6.07 Å². The van der Waals surface area contributed by atoms with E-state index >= 15 is 0 Å². The van der Waals surface area contributed by atoms with Gasteiger partial charge in [-0.2, -0.15) is 0 Å². The van der Waals surface area contributed by atoms with Gasteiger partial charge in [-0.05, 0) is 42.8 Å². The van der Waals surface area contributed by atoms with Crippen LogP contribution in [0.15, 0.2) is 36.4 Å². The monoisotopic (exact) mass is 371 g/mol. The number of benzene rings is 2. The summed E-state index contributed by atoms with van der Waals surface area (Å²) in [5.41, 5.74) is 1.50. The number of halogens is 3. The van der Waals surface area contributed by atoms with Crippen LogP contribution in [0.2, 0.25) is 15.1 Å². The Balaban J connectivity index is 1.96. The maximum Gasteiger partial charge on any atom is 0.340 e. The minimum absolute atomic E-state index is 0.0909. The molecular weight excluding hydrogens is 361 g/mol. The van der Waals surface area contributed by atoms with Crippen LogP contribution in [0.25, 0.3) is 0 Å². The number of amides is 1. The molecule has 1 amide bonds. The fraction of sp³-hybridized carbons (Fsp3) is 0.125. The smallest absolute Gasteiger partial charge is 0.340 e. The Morgan fingerprint density at radius 1 is 1.13 bits per heavy atom. The molecule has 4 nitrogen and oxygen atoms in total. The normalized spacial score (nSPS) is 10.3. The maximum absolute atomic E-state index is 11.9. The van der Waals surface area contributed by atoms with Crippen LogP contribution in [0.3, 0.4) is 0 Å². The Kier molecular flexibility index (Phi) is 5.88. The second-order valence-corrected chi connectivity index (χ2v) is 5.91. The first-order chi connectivity index (χ1) is 10.9. The standard InChI is InChI=1S/C16H12Cl3NO3/c1-9-7-10(17)5-6-13(9)20-14(21)8-23-16(22)11-3-2-4-12(18)15(11)19/h2-7H,8H2,1H3,(H,20,21). The van der Waals surface area contributed by atoms with E-state index in [0.29, 0.717) is 10.7 Å². The SMILES string of the molecule is Cc1cc(Cl)ccc1NC(=O)COC(=O)c1cccc(Cl)c1Cl. The highest BCUT2D eigenvalue weighted by molar-refractivity contribution is 6.43. The van der Waals surface area contributed by atoms with Crippen LogP contribution in [0.5, 0.6) is 0 Å².